The Kier molecular flexibility index (Phi) is 4.76. The van der Waals surface area contributed by atoms with Gasteiger partial charge in [0.2, 0.25) is 0 Å². The summed E-state index contributed by atoms with van der Waals surface area (Å²) in [5.74, 6) is -0.159. The van der Waals surface area contributed by atoms with Gasteiger partial charge in [0, 0.05) is 18.9 Å². The lowest BCUT2D eigenvalue weighted by molar-refractivity contribution is -0.137. The summed E-state index contributed by atoms with van der Waals surface area (Å²) in [5, 5.41) is 8.75. The summed E-state index contributed by atoms with van der Waals surface area (Å²) in [6.07, 6.45) is 1.84. The number of nitrogens with two attached hydrogens (primary N) is 1. The fourth-order valence-electron chi connectivity index (χ4n) is 2.11. The number of carbonyl (C=O) groups is 1. The number of aliphatic carboxylic acids is 1. The van der Waals surface area contributed by atoms with Crippen molar-refractivity contribution in [1.82, 2.24) is 0 Å². The standard InChI is InChI=1S/C14H19NO4/c15-13(9-14(16)17)10-2-1-3-12(8-10)19-11-4-6-18-7-5-11/h1-3,8,11,13H,4-7,9,15H2,(H,16,17). The van der Waals surface area contributed by atoms with Gasteiger partial charge in [0.15, 0.2) is 0 Å². The van der Waals surface area contributed by atoms with Gasteiger partial charge in [-0.05, 0) is 17.7 Å². The predicted molar refractivity (Wildman–Crippen MR) is 70.1 cm³/mol. The van der Waals surface area contributed by atoms with Gasteiger partial charge in [-0.1, -0.05) is 12.1 Å². The highest BCUT2D eigenvalue weighted by Crippen LogP contribution is 2.23. The van der Waals surface area contributed by atoms with Crippen LogP contribution in [0.5, 0.6) is 5.75 Å². The van der Waals surface area contributed by atoms with Gasteiger partial charge in [-0.25, -0.2) is 0 Å². The van der Waals surface area contributed by atoms with Crippen LogP contribution in [0.15, 0.2) is 24.3 Å². The number of benzene rings is 1. The molecule has 0 radical (unpaired) electrons. The molecule has 1 aliphatic rings. The summed E-state index contributed by atoms with van der Waals surface area (Å²) in [6, 6.07) is 6.85. The fraction of sp³-hybridized carbons (Fsp3) is 0.500. The summed E-state index contributed by atoms with van der Waals surface area (Å²) < 4.78 is 11.1. The predicted octanol–water partition coefficient (Wildman–Crippen LogP) is 1.72. The van der Waals surface area contributed by atoms with Crippen LogP contribution in [0.25, 0.3) is 0 Å². The Morgan fingerprint density at radius 1 is 1.47 bits per heavy atom. The Balaban J connectivity index is 1.99. The fourth-order valence-corrected chi connectivity index (χ4v) is 2.11. The molecule has 0 aliphatic carbocycles. The average molecular weight is 265 g/mol. The van der Waals surface area contributed by atoms with E-state index in [-0.39, 0.29) is 12.5 Å². The van der Waals surface area contributed by atoms with E-state index in [1.807, 2.05) is 24.3 Å². The first kappa shape index (κ1) is 13.8. The van der Waals surface area contributed by atoms with Crippen molar-refractivity contribution in [2.75, 3.05) is 13.2 Å². The van der Waals surface area contributed by atoms with Crippen LogP contribution in [0.4, 0.5) is 0 Å². The molecule has 1 aromatic carbocycles. The van der Waals surface area contributed by atoms with Gasteiger partial charge in [-0.15, -0.1) is 0 Å². The summed E-state index contributed by atoms with van der Waals surface area (Å²) in [4.78, 5) is 10.7. The lowest BCUT2D eigenvalue weighted by Crippen LogP contribution is -2.26. The Labute approximate surface area is 112 Å². The van der Waals surface area contributed by atoms with E-state index >= 15 is 0 Å². The maximum absolute atomic E-state index is 10.7. The number of rotatable bonds is 5. The van der Waals surface area contributed by atoms with Crippen molar-refractivity contribution in [3.63, 3.8) is 0 Å². The molecule has 1 heterocycles. The molecule has 5 heteroatoms. The van der Waals surface area contributed by atoms with Gasteiger partial charge < -0.3 is 20.3 Å². The van der Waals surface area contributed by atoms with Crippen molar-refractivity contribution in [2.45, 2.75) is 31.4 Å². The van der Waals surface area contributed by atoms with E-state index in [2.05, 4.69) is 0 Å². The number of hydrogen-bond donors (Lipinski definition) is 2. The first-order valence-corrected chi connectivity index (χ1v) is 6.47. The van der Waals surface area contributed by atoms with Crippen LogP contribution in [0, 0.1) is 0 Å². The second-order valence-corrected chi connectivity index (χ2v) is 4.71. The van der Waals surface area contributed by atoms with Crippen molar-refractivity contribution >= 4 is 5.97 Å². The van der Waals surface area contributed by atoms with Crippen molar-refractivity contribution in [3.05, 3.63) is 29.8 Å². The molecule has 104 valence electrons. The molecule has 0 spiro atoms. The van der Waals surface area contributed by atoms with Crippen LogP contribution in [0.1, 0.15) is 30.9 Å². The van der Waals surface area contributed by atoms with E-state index in [0.29, 0.717) is 0 Å². The molecule has 0 saturated carbocycles. The zero-order chi connectivity index (χ0) is 13.7. The molecule has 0 aromatic heterocycles. The molecule has 1 aromatic rings. The molecule has 1 aliphatic heterocycles. The third-order valence-corrected chi connectivity index (χ3v) is 3.15. The van der Waals surface area contributed by atoms with Crippen LogP contribution < -0.4 is 10.5 Å². The average Bonchev–Trinajstić information content (AvgIpc) is 2.39. The SMILES string of the molecule is NC(CC(=O)O)c1cccc(OC2CCOCC2)c1. The molecular weight excluding hydrogens is 246 g/mol. The molecule has 5 nitrogen and oxygen atoms in total. The zero-order valence-corrected chi connectivity index (χ0v) is 10.7. The third kappa shape index (κ3) is 4.22. The highest BCUT2D eigenvalue weighted by atomic mass is 16.5. The first-order valence-electron chi connectivity index (χ1n) is 6.47. The lowest BCUT2D eigenvalue weighted by Gasteiger charge is -2.23. The maximum Gasteiger partial charge on any atom is 0.305 e. The molecule has 1 fully saturated rings. The molecule has 0 amide bonds. The molecule has 2 rings (SSSR count). The van der Waals surface area contributed by atoms with E-state index in [4.69, 9.17) is 20.3 Å². The molecule has 0 bridgehead atoms. The van der Waals surface area contributed by atoms with E-state index in [1.54, 1.807) is 0 Å². The van der Waals surface area contributed by atoms with E-state index in [0.717, 1.165) is 37.4 Å². The molecular formula is C14H19NO4. The minimum atomic E-state index is -0.900. The normalized spacial score (nSPS) is 17.9. The minimum absolute atomic E-state index is 0.0826. The van der Waals surface area contributed by atoms with Crippen molar-refractivity contribution in [3.8, 4) is 5.75 Å². The number of ether oxygens (including phenoxy) is 2. The smallest absolute Gasteiger partial charge is 0.305 e. The van der Waals surface area contributed by atoms with E-state index < -0.39 is 12.0 Å². The summed E-state index contributed by atoms with van der Waals surface area (Å²) in [7, 11) is 0. The molecule has 19 heavy (non-hydrogen) atoms. The van der Waals surface area contributed by atoms with Crippen molar-refractivity contribution in [2.24, 2.45) is 5.73 Å². The highest BCUT2D eigenvalue weighted by molar-refractivity contribution is 5.67. The summed E-state index contributed by atoms with van der Waals surface area (Å²) >= 11 is 0. The van der Waals surface area contributed by atoms with Gasteiger partial charge in [-0.2, -0.15) is 0 Å². The van der Waals surface area contributed by atoms with Crippen molar-refractivity contribution in [1.29, 1.82) is 0 Å². The van der Waals surface area contributed by atoms with Crippen LogP contribution in [-0.4, -0.2) is 30.4 Å². The Hall–Kier alpha value is -1.59. The van der Waals surface area contributed by atoms with Crippen LogP contribution in [0.2, 0.25) is 0 Å². The Bertz CT molecular complexity index is 429. The van der Waals surface area contributed by atoms with Gasteiger partial charge in [0.25, 0.3) is 0 Å². The second kappa shape index (κ2) is 6.54. The minimum Gasteiger partial charge on any atom is -0.490 e. The van der Waals surface area contributed by atoms with Crippen molar-refractivity contribution < 1.29 is 19.4 Å². The Morgan fingerprint density at radius 2 is 2.21 bits per heavy atom. The van der Waals surface area contributed by atoms with Gasteiger partial charge in [0.05, 0.1) is 19.6 Å². The number of carboxylic acids is 1. The van der Waals surface area contributed by atoms with Gasteiger partial charge >= 0.3 is 5.97 Å². The maximum atomic E-state index is 10.7. The number of carboxylic acid groups (broad SMARTS) is 1. The highest BCUT2D eigenvalue weighted by Gasteiger charge is 2.16. The topological polar surface area (TPSA) is 81.8 Å². The van der Waals surface area contributed by atoms with Crippen LogP contribution in [-0.2, 0) is 9.53 Å². The number of hydrogen-bond acceptors (Lipinski definition) is 4. The largest absolute Gasteiger partial charge is 0.490 e. The quantitative estimate of drug-likeness (QED) is 0.847. The molecule has 1 atom stereocenters. The lowest BCUT2D eigenvalue weighted by atomic mass is 10.0. The van der Waals surface area contributed by atoms with Crippen LogP contribution >= 0.6 is 0 Å². The summed E-state index contributed by atoms with van der Waals surface area (Å²) in [6.45, 7) is 1.45. The Morgan fingerprint density at radius 3 is 2.89 bits per heavy atom. The first-order chi connectivity index (χ1) is 9.15. The monoisotopic (exact) mass is 265 g/mol. The van der Waals surface area contributed by atoms with E-state index in [9.17, 15) is 4.79 Å². The zero-order valence-electron chi connectivity index (χ0n) is 10.7. The van der Waals surface area contributed by atoms with Gasteiger partial charge in [0.1, 0.15) is 11.9 Å². The summed E-state index contributed by atoms with van der Waals surface area (Å²) in [5.41, 5.74) is 6.63. The van der Waals surface area contributed by atoms with E-state index in [1.165, 1.54) is 0 Å². The molecule has 1 unspecified atom stereocenters. The van der Waals surface area contributed by atoms with Gasteiger partial charge in [-0.3, -0.25) is 4.79 Å². The molecule has 3 N–H and O–H groups in total. The molecule has 1 saturated heterocycles. The second-order valence-electron chi connectivity index (χ2n) is 4.71. The third-order valence-electron chi connectivity index (χ3n) is 3.15. The van der Waals surface area contributed by atoms with Crippen LogP contribution in [0.3, 0.4) is 0 Å².